The summed E-state index contributed by atoms with van der Waals surface area (Å²) < 4.78 is 2.51. The van der Waals surface area contributed by atoms with Gasteiger partial charge in [-0.25, -0.2) is 9.48 Å². The molecule has 21 heavy (non-hydrogen) atoms. The van der Waals surface area contributed by atoms with E-state index in [1.165, 1.54) is 4.57 Å². The van der Waals surface area contributed by atoms with Gasteiger partial charge in [0, 0.05) is 31.4 Å². The molecule has 1 unspecified atom stereocenters. The number of piperidine rings is 1. The standard InChI is InChI=1S/C13H13N5O3/c1-17-11(8-4-6-14-7-5-8)16-18(13(17)21)9-2-3-10(19)15-12(9)20/h4-7,9H,2-3H2,1H3,(H,15,19,20). The number of pyridine rings is 1. The number of rotatable bonds is 2. The largest absolute Gasteiger partial charge is 0.346 e. The number of hydrogen-bond donors (Lipinski definition) is 1. The van der Waals surface area contributed by atoms with Crippen molar-refractivity contribution in [2.45, 2.75) is 18.9 Å². The summed E-state index contributed by atoms with van der Waals surface area (Å²) in [5.74, 6) is -0.366. The zero-order valence-corrected chi connectivity index (χ0v) is 11.3. The van der Waals surface area contributed by atoms with Gasteiger partial charge in [0.1, 0.15) is 6.04 Å². The molecule has 2 aromatic rings. The highest BCUT2D eigenvalue weighted by atomic mass is 16.2. The molecule has 8 nitrogen and oxygen atoms in total. The Balaban J connectivity index is 2.04. The van der Waals surface area contributed by atoms with Crippen molar-refractivity contribution < 1.29 is 9.59 Å². The summed E-state index contributed by atoms with van der Waals surface area (Å²) in [5, 5.41) is 6.47. The Hall–Kier alpha value is -2.77. The van der Waals surface area contributed by atoms with Crippen LogP contribution in [-0.2, 0) is 16.6 Å². The van der Waals surface area contributed by atoms with E-state index < -0.39 is 17.6 Å². The summed E-state index contributed by atoms with van der Waals surface area (Å²) in [6.45, 7) is 0. The van der Waals surface area contributed by atoms with Gasteiger partial charge in [-0.1, -0.05) is 0 Å². The van der Waals surface area contributed by atoms with E-state index in [-0.39, 0.29) is 18.7 Å². The number of aromatic nitrogens is 4. The van der Waals surface area contributed by atoms with Crippen molar-refractivity contribution in [3.05, 3.63) is 35.0 Å². The number of carbonyl (C=O) groups excluding carboxylic acids is 2. The fraction of sp³-hybridized carbons (Fsp3) is 0.308. The van der Waals surface area contributed by atoms with Gasteiger partial charge in [0.2, 0.25) is 5.91 Å². The van der Waals surface area contributed by atoms with Crippen LogP contribution < -0.4 is 11.0 Å². The summed E-state index contributed by atoms with van der Waals surface area (Å²) in [6.07, 6.45) is 3.68. The molecular weight excluding hydrogens is 274 g/mol. The third kappa shape index (κ3) is 2.24. The lowest BCUT2D eigenvalue weighted by atomic mass is 10.1. The summed E-state index contributed by atoms with van der Waals surface area (Å²) in [7, 11) is 1.59. The second-order valence-electron chi connectivity index (χ2n) is 4.81. The molecule has 0 radical (unpaired) electrons. The summed E-state index contributed by atoms with van der Waals surface area (Å²) in [6, 6.07) is 2.71. The van der Waals surface area contributed by atoms with Gasteiger partial charge in [0.05, 0.1) is 0 Å². The maximum absolute atomic E-state index is 12.3. The molecule has 8 heteroatoms. The van der Waals surface area contributed by atoms with Crippen molar-refractivity contribution in [1.29, 1.82) is 0 Å². The minimum atomic E-state index is -0.753. The van der Waals surface area contributed by atoms with Gasteiger partial charge in [0.15, 0.2) is 5.82 Å². The predicted molar refractivity (Wildman–Crippen MR) is 72.1 cm³/mol. The summed E-state index contributed by atoms with van der Waals surface area (Å²) in [4.78, 5) is 39.2. The fourth-order valence-corrected chi connectivity index (χ4v) is 2.33. The number of nitrogens with one attached hydrogen (secondary N) is 1. The summed E-state index contributed by atoms with van der Waals surface area (Å²) >= 11 is 0. The van der Waals surface area contributed by atoms with Gasteiger partial charge in [0.25, 0.3) is 5.91 Å². The van der Waals surface area contributed by atoms with Crippen molar-refractivity contribution in [2.24, 2.45) is 7.05 Å². The molecule has 0 aliphatic carbocycles. The molecule has 0 aromatic carbocycles. The first kappa shape index (κ1) is 13.2. The van der Waals surface area contributed by atoms with E-state index in [0.717, 1.165) is 10.2 Å². The zero-order valence-electron chi connectivity index (χ0n) is 11.3. The van der Waals surface area contributed by atoms with E-state index >= 15 is 0 Å². The highest BCUT2D eigenvalue weighted by Gasteiger charge is 2.31. The van der Waals surface area contributed by atoms with Gasteiger partial charge in [-0.05, 0) is 18.6 Å². The SMILES string of the molecule is Cn1c(-c2ccncc2)nn(C2CCC(=O)NC2=O)c1=O. The van der Waals surface area contributed by atoms with Gasteiger partial charge in [-0.2, -0.15) is 0 Å². The number of nitrogens with zero attached hydrogens (tertiary/aromatic N) is 4. The molecule has 1 N–H and O–H groups in total. The Labute approximate surface area is 119 Å². The van der Waals surface area contributed by atoms with E-state index in [1.54, 1.807) is 31.6 Å². The molecule has 1 atom stereocenters. The van der Waals surface area contributed by atoms with Crippen molar-refractivity contribution in [3.8, 4) is 11.4 Å². The molecule has 1 saturated heterocycles. The molecule has 1 fully saturated rings. The molecule has 2 amide bonds. The molecule has 108 valence electrons. The van der Waals surface area contributed by atoms with Crippen LogP contribution in [0.1, 0.15) is 18.9 Å². The smallest absolute Gasteiger partial charge is 0.295 e. The third-order valence-corrected chi connectivity index (χ3v) is 3.45. The van der Waals surface area contributed by atoms with E-state index in [4.69, 9.17) is 0 Å². The average Bonchev–Trinajstić information content (AvgIpc) is 2.77. The van der Waals surface area contributed by atoms with Crippen LogP contribution in [0.2, 0.25) is 0 Å². The van der Waals surface area contributed by atoms with E-state index in [0.29, 0.717) is 5.82 Å². The molecule has 1 aliphatic rings. The van der Waals surface area contributed by atoms with Crippen LogP contribution in [0.25, 0.3) is 11.4 Å². The Bertz CT molecular complexity index is 762. The van der Waals surface area contributed by atoms with Crippen LogP contribution in [-0.4, -0.2) is 31.1 Å². The number of amides is 2. The Kier molecular flexibility index (Phi) is 3.13. The van der Waals surface area contributed by atoms with Crippen LogP contribution in [0, 0.1) is 0 Å². The normalized spacial score (nSPS) is 18.6. The van der Waals surface area contributed by atoms with Gasteiger partial charge < -0.3 is 0 Å². The molecule has 1 aliphatic heterocycles. The topological polar surface area (TPSA) is 98.9 Å². The van der Waals surface area contributed by atoms with Crippen LogP contribution in [0.5, 0.6) is 0 Å². The first-order chi connectivity index (χ1) is 10.1. The molecular formula is C13H13N5O3. The van der Waals surface area contributed by atoms with Crippen molar-refractivity contribution in [3.63, 3.8) is 0 Å². The first-order valence-electron chi connectivity index (χ1n) is 6.47. The minimum absolute atomic E-state index is 0.198. The van der Waals surface area contributed by atoms with Crippen LogP contribution in [0.15, 0.2) is 29.3 Å². The highest BCUT2D eigenvalue weighted by Crippen LogP contribution is 2.19. The second-order valence-corrected chi connectivity index (χ2v) is 4.81. The fourth-order valence-electron chi connectivity index (χ4n) is 2.33. The average molecular weight is 287 g/mol. The second kappa shape index (κ2) is 4.97. The number of imide groups is 1. The van der Waals surface area contributed by atoms with Gasteiger partial charge in [-0.15, -0.1) is 5.10 Å². The lowest BCUT2D eigenvalue weighted by Gasteiger charge is -2.19. The van der Waals surface area contributed by atoms with Gasteiger partial charge >= 0.3 is 5.69 Å². The lowest BCUT2D eigenvalue weighted by molar-refractivity contribution is -0.136. The summed E-state index contributed by atoms with van der Waals surface area (Å²) in [5.41, 5.74) is 0.340. The Morgan fingerprint density at radius 3 is 2.62 bits per heavy atom. The van der Waals surface area contributed by atoms with E-state index in [2.05, 4.69) is 15.4 Å². The quantitative estimate of drug-likeness (QED) is 0.759. The van der Waals surface area contributed by atoms with Gasteiger partial charge in [-0.3, -0.25) is 24.5 Å². The highest BCUT2D eigenvalue weighted by molar-refractivity contribution is 5.99. The van der Waals surface area contributed by atoms with Crippen LogP contribution >= 0.6 is 0 Å². The van der Waals surface area contributed by atoms with Crippen LogP contribution in [0.4, 0.5) is 0 Å². The van der Waals surface area contributed by atoms with Crippen molar-refractivity contribution in [2.75, 3.05) is 0 Å². The van der Waals surface area contributed by atoms with Crippen molar-refractivity contribution >= 4 is 11.8 Å². The minimum Gasteiger partial charge on any atom is -0.295 e. The maximum Gasteiger partial charge on any atom is 0.346 e. The Morgan fingerprint density at radius 1 is 1.24 bits per heavy atom. The number of hydrogen-bond acceptors (Lipinski definition) is 5. The first-order valence-corrected chi connectivity index (χ1v) is 6.47. The molecule has 0 bridgehead atoms. The maximum atomic E-state index is 12.3. The molecule has 0 saturated carbocycles. The monoisotopic (exact) mass is 287 g/mol. The zero-order chi connectivity index (χ0) is 15.0. The predicted octanol–water partition coefficient (Wildman–Crippen LogP) is -0.379. The van der Waals surface area contributed by atoms with E-state index in [1.807, 2.05) is 0 Å². The van der Waals surface area contributed by atoms with E-state index in [9.17, 15) is 14.4 Å². The molecule has 0 spiro atoms. The molecule has 3 heterocycles. The van der Waals surface area contributed by atoms with Crippen molar-refractivity contribution in [1.82, 2.24) is 24.6 Å². The number of carbonyl (C=O) groups is 2. The molecule has 3 rings (SSSR count). The molecule has 2 aromatic heterocycles. The Morgan fingerprint density at radius 2 is 1.95 bits per heavy atom. The van der Waals surface area contributed by atoms with Crippen LogP contribution in [0.3, 0.4) is 0 Å². The lowest BCUT2D eigenvalue weighted by Crippen LogP contribution is -2.44. The third-order valence-electron chi connectivity index (χ3n) is 3.45.